The van der Waals surface area contributed by atoms with Gasteiger partial charge in [-0.25, -0.2) is 0 Å². The molecule has 0 radical (unpaired) electrons. The number of rotatable bonds is 4. The first-order valence-corrected chi connectivity index (χ1v) is 8.43. The van der Waals surface area contributed by atoms with Crippen molar-refractivity contribution in [3.05, 3.63) is 35.4 Å². The van der Waals surface area contributed by atoms with Crippen molar-refractivity contribution in [3.8, 4) is 0 Å². The van der Waals surface area contributed by atoms with Crippen molar-refractivity contribution in [1.29, 1.82) is 0 Å². The van der Waals surface area contributed by atoms with Gasteiger partial charge in [0.05, 0.1) is 6.10 Å². The van der Waals surface area contributed by atoms with E-state index in [0.29, 0.717) is 0 Å². The molecule has 3 nitrogen and oxygen atoms in total. The fourth-order valence-electron chi connectivity index (χ4n) is 3.71. The number of hydrogen-bond donors (Lipinski definition) is 1. The van der Waals surface area contributed by atoms with E-state index >= 15 is 0 Å². The van der Waals surface area contributed by atoms with E-state index in [9.17, 15) is 5.11 Å². The van der Waals surface area contributed by atoms with Crippen molar-refractivity contribution < 1.29 is 5.11 Å². The Balaban J connectivity index is 1.47. The Morgan fingerprint density at radius 2 is 1.67 bits per heavy atom. The first-order chi connectivity index (χ1) is 10.2. The molecule has 1 atom stereocenters. The van der Waals surface area contributed by atoms with Crippen molar-refractivity contribution in [2.24, 2.45) is 0 Å². The molecule has 0 bridgehead atoms. The van der Waals surface area contributed by atoms with Crippen LogP contribution in [0.15, 0.2) is 24.3 Å². The maximum Gasteiger partial charge on any atom is 0.0916 e. The highest BCUT2D eigenvalue weighted by Crippen LogP contribution is 2.23. The summed E-state index contributed by atoms with van der Waals surface area (Å²) >= 11 is 0. The van der Waals surface area contributed by atoms with E-state index in [4.69, 9.17) is 0 Å². The van der Waals surface area contributed by atoms with Crippen LogP contribution in [0.25, 0.3) is 0 Å². The zero-order valence-corrected chi connectivity index (χ0v) is 13.2. The van der Waals surface area contributed by atoms with E-state index in [1.54, 1.807) is 0 Å². The minimum Gasteiger partial charge on any atom is -0.387 e. The molecule has 1 aromatic rings. The topological polar surface area (TPSA) is 26.7 Å². The van der Waals surface area contributed by atoms with Gasteiger partial charge in [-0.3, -0.25) is 0 Å². The SMILES string of the molecule is Cc1ccc(C(O)CN2CCC(N3CCCC3)CC2)cc1. The number of nitrogens with zero attached hydrogens (tertiary/aromatic N) is 2. The van der Waals surface area contributed by atoms with Gasteiger partial charge in [0, 0.05) is 12.6 Å². The number of β-amino-alcohol motifs (C(OH)–C–C–N with tert-alkyl or cyclic N) is 1. The third-order valence-electron chi connectivity index (χ3n) is 5.11. The van der Waals surface area contributed by atoms with Crippen LogP contribution in [0.5, 0.6) is 0 Å². The molecule has 0 spiro atoms. The molecule has 0 saturated carbocycles. The van der Waals surface area contributed by atoms with Crippen molar-refractivity contribution in [2.45, 2.75) is 44.8 Å². The lowest BCUT2D eigenvalue weighted by atomic mass is 10.0. The molecule has 0 aromatic heterocycles. The summed E-state index contributed by atoms with van der Waals surface area (Å²) in [6.07, 6.45) is 4.94. The summed E-state index contributed by atoms with van der Waals surface area (Å²) in [7, 11) is 0. The van der Waals surface area contributed by atoms with Gasteiger partial charge in [-0.1, -0.05) is 29.8 Å². The highest BCUT2D eigenvalue weighted by Gasteiger charge is 2.27. The fraction of sp³-hybridized carbons (Fsp3) is 0.667. The van der Waals surface area contributed by atoms with Gasteiger partial charge >= 0.3 is 0 Å². The van der Waals surface area contributed by atoms with Gasteiger partial charge in [0.1, 0.15) is 0 Å². The molecule has 2 aliphatic heterocycles. The Morgan fingerprint density at radius 3 is 2.29 bits per heavy atom. The number of hydrogen-bond acceptors (Lipinski definition) is 3. The molecule has 116 valence electrons. The van der Waals surface area contributed by atoms with E-state index < -0.39 is 0 Å². The summed E-state index contributed by atoms with van der Waals surface area (Å²) in [5, 5.41) is 10.4. The van der Waals surface area contributed by atoms with E-state index in [1.807, 2.05) is 0 Å². The van der Waals surface area contributed by atoms with E-state index in [2.05, 4.69) is 41.0 Å². The Labute approximate surface area is 128 Å². The number of benzene rings is 1. The molecule has 1 aromatic carbocycles. The van der Waals surface area contributed by atoms with Crippen molar-refractivity contribution in [2.75, 3.05) is 32.7 Å². The van der Waals surface area contributed by atoms with Crippen LogP contribution in [0.4, 0.5) is 0 Å². The van der Waals surface area contributed by atoms with Crippen LogP contribution in [0.1, 0.15) is 42.9 Å². The lowest BCUT2D eigenvalue weighted by molar-refractivity contribution is 0.0739. The quantitative estimate of drug-likeness (QED) is 0.922. The number of piperidine rings is 1. The van der Waals surface area contributed by atoms with Gasteiger partial charge in [-0.2, -0.15) is 0 Å². The standard InChI is InChI=1S/C18H28N2O/c1-15-4-6-16(7-5-15)18(21)14-19-12-8-17(9-13-19)20-10-2-3-11-20/h4-7,17-18,21H,2-3,8-14H2,1H3. The molecular formula is C18H28N2O. The zero-order chi connectivity index (χ0) is 14.7. The monoisotopic (exact) mass is 288 g/mol. The summed E-state index contributed by atoms with van der Waals surface area (Å²) in [6.45, 7) is 7.72. The van der Waals surface area contributed by atoms with Crippen LogP contribution in [0.2, 0.25) is 0 Å². The second-order valence-electron chi connectivity index (χ2n) is 6.70. The number of likely N-dealkylation sites (tertiary alicyclic amines) is 2. The molecule has 1 unspecified atom stereocenters. The zero-order valence-electron chi connectivity index (χ0n) is 13.2. The summed E-state index contributed by atoms with van der Waals surface area (Å²) in [5.74, 6) is 0. The van der Waals surface area contributed by atoms with Crippen molar-refractivity contribution in [3.63, 3.8) is 0 Å². The number of aryl methyl sites for hydroxylation is 1. The maximum atomic E-state index is 10.4. The Morgan fingerprint density at radius 1 is 1.05 bits per heavy atom. The van der Waals surface area contributed by atoms with Crippen LogP contribution in [-0.4, -0.2) is 53.7 Å². The van der Waals surface area contributed by atoms with Gasteiger partial charge in [0.15, 0.2) is 0 Å². The van der Waals surface area contributed by atoms with Crippen molar-refractivity contribution in [1.82, 2.24) is 9.80 Å². The first-order valence-electron chi connectivity index (χ1n) is 8.43. The third kappa shape index (κ3) is 3.85. The number of aliphatic hydroxyl groups is 1. The van der Waals surface area contributed by atoms with Crippen LogP contribution in [0.3, 0.4) is 0 Å². The molecular weight excluding hydrogens is 260 g/mol. The van der Waals surface area contributed by atoms with E-state index in [-0.39, 0.29) is 6.10 Å². The second kappa shape index (κ2) is 6.91. The lowest BCUT2D eigenvalue weighted by Gasteiger charge is -2.37. The molecule has 2 aliphatic rings. The Kier molecular flexibility index (Phi) is 4.94. The Hall–Kier alpha value is -0.900. The van der Waals surface area contributed by atoms with Crippen molar-refractivity contribution >= 4 is 0 Å². The van der Waals surface area contributed by atoms with Gasteiger partial charge < -0.3 is 14.9 Å². The third-order valence-corrected chi connectivity index (χ3v) is 5.11. The molecule has 21 heavy (non-hydrogen) atoms. The summed E-state index contributed by atoms with van der Waals surface area (Å²) in [4.78, 5) is 5.10. The first kappa shape index (κ1) is 15.0. The minimum absolute atomic E-state index is 0.353. The number of aliphatic hydroxyl groups excluding tert-OH is 1. The van der Waals surface area contributed by atoms with Crippen LogP contribution in [-0.2, 0) is 0 Å². The average Bonchev–Trinajstić information content (AvgIpc) is 3.03. The predicted octanol–water partition coefficient (Wildman–Crippen LogP) is 2.59. The van der Waals surface area contributed by atoms with Gasteiger partial charge in [-0.15, -0.1) is 0 Å². The molecule has 3 heteroatoms. The molecule has 0 amide bonds. The largest absolute Gasteiger partial charge is 0.387 e. The highest BCUT2D eigenvalue weighted by atomic mass is 16.3. The summed E-state index contributed by atoms with van der Waals surface area (Å²) in [6, 6.07) is 9.06. The van der Waals surface area contributed by atoms with Crippen LogP contribution >= 0.6 is 0 Å². The fourth-order valence-corrected chi connectivity index (χ4v) is 3.71. The minimum atomic E-state index is -0.353. The molecule has 2 heterocycles. The molecule has 1 N–H and O–H groups in total. The summed E-state index contributed by atoms with van der Waals surface area (Å²) in [5.41, 5.74) is 2.29. The Bertz CT molecular complexity index is 431. The van der Waals surface area contributed by atoms with Gasteiger partial charge in [-0.05, 0) is 64.3 Å². The maximum absolute atomic E-state index is 10.4. The molecule has 2 saturated heterocycles. The average molecular weight is 288 g/mol. The molecule has 2 fully saturated rings. The van der Waals surface area contributed by atoms with Crippen LogP contribution in [0, 0.1) is 6.92 Å². The second-order valence-corrected chi connectivity index (χ2v) is 6.70. The molecule has 0 aliphatic carbocycles. The van der Waals surface area contributed by atoms with Gasteiger partial charge in [0.2, 0.25) is 0 Å². The highest BCUT2D eigenvalue weighted by molar-refractivity contribution is 5.23. The lowest BCUT2D eigenvalue weighted by Crippen LogP contribution is -2.44. The van der Waals surface area contributed by atoms with E-state index in [0.717, 1.165) is 31.2 Å². The normalized spacial score (nSPS) is 23.5. The molecule has 3 rings (SSSR count). The summed E-state index contributed by atoms with van der Waals surface area (Å²) < 4.78 is 0. The van der Waals surface area contributed by atoms with Crippen LogP contribution < -0.4 is 0 Å². The van der Waals surface area contributed by atoms with E-state index in [1.165, 1.54) is 44.3 Å². The smallest absolute Gasteiger partial charge is 0.0916 e. The predicted molar refractivity (Wildman–Crippen MR) is 86.4 cm³/mol. The van der Waals surface area contributed by atoms with Gasteiger partial charge in [0.25, 0.3) is 0 Å².